The zero-order valence-electron chi connectivity index (χ0n) is 14.8. The molecule has 0 aliphatic carbocycles. The number of carbonyl (C=O) groups excluding carboxylic acids is 1. The molecule has 0 saturated carbocycles. The summed E-state index contributed by atoms with van der Waals surface area (Å²) in [5.41, 5.74) is 0.462. The normalized spacial score (nSPS) is 12.8. The molecule has 0 unspecified atom stereocenters. The number of aromatic nitrogens is 1. The fraction of sp³-hybridized carbons (Fsp3) is 0.333. The largest absolute Gasteiger partial charge is 0.408 e. The maximum absolute atomic E-state index is 13.8. The first kappa shape index (κ1) is 21.1. The molecule has 146 valence electrons. The molecule has 0 bridgehead atoms. The van der Waals surface area contributed by atoms with Crippen molar-refractivity contribution >= 4 is 33.2 Å². The van der Waals surface area contributed by atoms with E-state index < -0.39 is 30.0 Å². The van der Waals surface area contributed by atoms with Crippen molar-refractivity contribution in [2.24, 2.45) is 0 Å². The van der Waals surface area contributed by atoms with Gasteiger partial charge in [0.1, 0.15) is 11.9 Å². The lowest BCUT2D eigenvalue weighted by Crippen LogP contribution is -2.50. The summed E-state index contributed by atoms with van der Waals surface area (Å²) in [6.07, 6.45) is -1.59. The van der Waals surface area contributed by atoms with Gasteiger partial charge in [-0.25, -0.2) is 4.39 Å². The van der Waals surface area contributed by atoms with Gasteiger partial charge in [-0.2, -0.15) is 13.2 Å². The molecule has 0 radical (unpaired) electrons. The zero-order valence-corrected chi connectivity index (χ0v) is 16.4. The van der Waals surface area contributed by atoms with Crippen molar-refractivity contribution in [1.29, 1.82) is 0 Å². The number of hydrogen-bond donors (Lipinski definition) is 1. The van der Waals surface area contributed by atoms with Crippen LogP contribution in [0.1, 0.15) is 31.1 Å². The smallest absolute Gasteiger partial charge is 0.353 e. The Morgan fingerprint density at radius 3 is 2.41 bits per heavy atom. The molecule has 0 aliphatic rings. The molecule has 1 heterocycles. The molecular weight excluding hydrogens is 430 g/mol. The molecular formula is C18H18BrF4N3O. The fourth-order valence-corrected chi connectivity index (χ4v) is 2.89. The lowest BCUT2D eigenvalue weighted by atomic mass is 10.1. The van der Waals surface area contributed by atoms with E-state index in [2.05, 4.69) is 26.2 Å². The Balaban J connectivity index is 2.48. The highest BCUT2D eigenvalue weighted by Gasteiger charge is 2.43. The second kappa shape index (κ2) is 8.24. The van der Waals surface area contributed by atoms with E-state index in [1.807, 2.05) is 0 Å². The summed E-state index contributed by atoms with van der Waals surface area (Å²) in [5, 5.41) is 2.92. The number of halogens is 5. The van der Waals surface area contributed by atoms with Crippen molar-refractivity contribution < 1.29 is 22.4 Å². The number of benzene rings is 1. The van der Waals surface area contributed by atoms with Crippen LogP contribution in [0.2, 0.25) is 0 Å². The number of nitrogens with zero attached hydrogens (tertiary/aromatic N) is 2. The van der Waals surface area contributed by atoms with E-state index in [1.165, 1.54) is 32.3 Å². The molecule has 1 atom stereocenters. The molecule has 2 rings (SSSR count). The lowest BCUT2D eigenvalue weighted by Gasteiger charge is -2.34. The number of hydrogen-bond acceptors (Lipinski definition) is 3. The predicted octanol–water partition coefficient (Wildman–Crippen LogP) is 5.53. The minimum atomic E-state index is -4.60. The Hall–Kier alpha value is -2.16. The number of amides is 1. The first-order valence-corrected chi connectivity index (χ1v) is 8.87. The summed E-state index contributed by atoms with van der Waals surface area (Å²) in [5.74, 6) is -1.64. The Labute approximate surface area is 162 Å². The Bertz CT molecular complexity index is 826. The van der Waals surface area contributed by atoms with Crippen molar-refractivity contribution in [3.05, 3.63) is 52.5 Å². The summed E-state index contributed by atoms with van der Waals surface area (Å²) in [7, 11) is 0. The van der Waals surface area contributed by atoms with E-state index in [-0.39, 0.29) is 11.3 Å². The van der Waals surface area contributed by atoms with E-state index in [4.69, 9.17) is 0 Å². The van der Waals surface area contributed by atoms with Crippen molar-refractivity contribution in [2.45, 2.75) is 39.0 Å². The Kier molecular flexibility index (Phi) is 6.46. The van der Waals surface area contributed by atoms with Crippen LogP contribution in [-0.4, -0.2) is 34.1 Å². The van der Waals surface area contributed by atoms with Gasteiger partial charge in [-0.15, -0.1) is 0 Å². The van der Waals surface area contributed by atoms with E-state index in [9.17, 15) is 22.4 Å². The third-order valence-electron chi connectivity index (χ3n) is 3.93. The summed E-state index contributed by atoms with van der Waals surface area (Å²) in [4.78, 5) is 17.6. The highest BCUT2D eigenvalue weighted by Crippen LogP contribution is 2.31. The minimum absolute atomic E-state index is 0.176. The number of anilines is 2. The minimum Gasteiger partial charge on any atom is -0.353 e. The zero-order chi connectivity index (χ0) is 20.4. The maximum Gasteiger partial charge on any atom is 0.408 e. The van der Waals surface area contributed by atoms with Crippen LogP contribution >= 0.6 is 15.9 Å². The molecule has 4 nitrogen and oxygen atoms in total. The summed E-state index contributed by atoms with van der Waals surface area (Å²) in [6.45, 7) is 3.86. The van der Waals surface area contributed by atoms with Gasteiger partial charge in [-0.05, 0) is 61.0 Å². The monoisotopic (exact) mass is 447 g/mol. The fourth-order valence-electron chi connectivity index (χ4n) is 2.57. The molecule has 1 aromatic heterocycles. The highest BCUT2D eigenvalue weighted by atomic mass is 79.9. The Morgan fingerprint density at radius 1 is 1.19 bits per heavy atom. The van der Waals surface area contributed by atoms with Gasteiger partial charge in [0.25, 0.3) is 5.91 Å². The number of rotatable bonds is 5. The van der Waals surface area contributed by atoms with Gasteiger partial charge in [0.15, 0.2) is 0 Å². The summed E-state index contributed by atoms with van der Waals surface area (Å²) >= 11 is 3.31. The van der Waals surface area contributed by atoms with E-state index >= 15 is 0 Å². The summed E-state index contributed by atoms with van der Waals surface area (Å²) < 4.78 is 54.1. The van der Waals surface area contributed by atoms with Crippen LogP contribution < -0.4 is 5.32 Å². The number of carbonyl (C=O) groups is 1. The van der Waals surface area contributed by atoms with Crippen molar-refractivity contribution in [3.8, 4) is 0 Å². The SMILES string of the molecule is CC(C)N(C(=O)c1cc(F)ccc1Nc1cnccc1Br)[C@H](C)C(F)(F)F. The standard InChI is InChI=1S/C18H18BrF4N3O/c1-10(2)26(11(3)18(21,22)23)17(27)13-8-12(20)4-5-15(13)25-16-9-24-7-6-14(16)19/h4-11,25H,1-3H3/t11-/m1/s1. The molecule has 0 saturated heterocycles. The predicted molar refractivity (Wildman–Crippen MR) is 98.4 cm³/mol. The maximum atomic E-state index is 13.8. The van der Waals surface area contributed by atoms with Crippen LogP contribution in [0.4, 0.5) is 28.9 Å². The van der Waals surface area contributed by atoms with Gasteiger partial charge in [0.2, 0.25) is 0 Å². The topological polar surface area (TPSA) is 45.2 Å². The first-order valence-electron chi connectivity index (χ1n) is 8.07. The highest BCUT2D eigenvalue weighted by molar-refractivity contribution is 9.10. The van der Waals surface area contributed by atoms with E-state index in [0.717, 1.165) is 19.1 Å². The molecule has 0 aliphatic heterocycles. The van der Waals surface area contributed by atoms with Crippen LogP contribution in [0.25, 0.3) is 0 Å². The second-order valence-electron chi connectivity index (χ2n) is 6.19. The number of alkyl halides is 3. The first-order chi connectivity index (χ1) is 12.5. The van der Waals surface area contributed by atoms with Crippen molar-refractivity contribution in [1.82, 2.24) is 9.88 Å². The average Bonchev–Trinajstić information content (AvgIpc) is 2.57. The molecule has 1 amide bonds. The van der Waals surface area contributed by atoms with Crippen molar-refractivity contribution in [3.63, 3.8) is 0 Å². The van der Waals surface area contributed by atoms with Gasteiger partial charge >= 0.3 is 6.18 Å². The molecule has 1 aromatic carbocycles. The quantitative estimate of drug-likeness (QED) is 0.613. The van der Waals surface area contributed by atoms with Gasteiger partial charge in [-0.3, -0.25) is 9.78 Å². The number of nitrogens with one attached hydrogen (secondary N) is 1. The average molecular weight is 448 g/mol. The van der Waals surface area contributed by atoms with Gasteiger partial charge in [0.05, 0.1) is 23.1 Å². The van der Waals surface area contributed by atoms with Crippen LogP contribution in [0.15, 0.2) is 41.1 Å². The third-order valence-corrected chi connectivity index (χ3v) is 4.62. The van der Waals surface area contributed by atoms with Crippen LogP contribution in [0.5, 0.6) is 0 Å². The van der Waals surface area contributed by atoms with Gasteiger partial charge in [-0.1, -0.05) is 0 Å². The molecule has 0 spiro atoms. The second-order valence-corrected chi connectivity index (χ2v) is 7.05. The molecule has 1 N–H and O–H groups in total. The van der Waals surface area contributed by atoms with Crippen LogP contribution in [0.3, 0.4) is 0 Å². The number of pyridine rings is 1. The van der Waals surface area contributed by atoms with Gasteiger partial charge in [0, 0.05) is 16.7 Å². The van der Waals surface area contributed by atoms with Crippen LogP contribution in [0, 0.1) is 5.82 Å². The Morgan fingerprint density at radius 2 is 1.85 bits per heavy atom. The summed E-state index contributed by atoms with van der Waals surface area (Å²) in [6, 6.07) is 2.24. The lowest BCUT2D eigenvalue weighted by molar-refractivity contribution is -0.175. The van der Waals surface area contributed by atoms with Crippen LogP contribution in [-0.2, 0) is 0 Å². The van der Waals surface area contributed by atoms with E-state index in [1.54, 1.807) is 6.07 Å². The molecule has 0 fully saturated rings. The molecule has 2 aromatic rings. The van der Waals surface area contributed by atoms with Gasteiger partial charge < -0.3 is 10.2 Å². The molecule has 27 heavy (non-hydrogen) atoms. The van der Waals surface area contributed by atoms with Crippen molar-refractivity contribution in [2.75, 3.05) is 5.32 Å². The third kappa shape index (κ3) is 4.97. The molecule has 9 heteroatoms. The van der Waals surface area contributed by atoms with E-state index in [0.29, 0.717) is 15.1 Å².